The molecule has 0 amide bonds. The van der Waals surface area contributed by atoms with E-state index in [0.29, 0.717) is 13.0 Å². The van der Waals surface area contributed by atoms with Gasteiger partial charge in [-0.1, -0.05) is 84.4 Å². The fourth-order valence-corrected chi connectivity index (χ4v) is 4.87. The molecule has 0 spiro atoms. The number of esters is 1. The molecule has 42 heavy (non-hydrogen) atoms. The van der Waals surface area contributed by atoms with Crippen LogP contribution in [0.25, 0.3) is 11.6 Å². The summed E-state index contributed by atoms with van der Waals surface area (Å²) in [6.07, 6.45) is 2.92. The van der Waals surface area contributed by atoms with Gasteiger partial charge in [-0.05, 0) is 89.4 Å². The molecule has 210 valence electrons. The van der Waals surface area contributed by atoms with Crippen molar-refractivity contribution in [1.29, 1.82) is 0 Å². The molecule has 0 heterocycles. The number of aryl methyl sites for hydroxylation is 1. The minimum absolute atomic E-state index is 0.254. The van der Waals surface area contributed by atoms with Gasteiger partial charge in [-0.25, -0.2) is 0 Å². The molecule has 0 atom stereocenters. The fourth-order valence-electron chi connectivity index (χ4n) is 4.87. The average Bonchev–Trinajstić information content (AvgIpc) is 3.03. The number of anilines is 3. The first-order valence-electron chi connectivity index (χ1n) is 14.1. The van der Waals surface area contributed by atoms with Gasteiger partial charge in [0.05, 0.1) is 13.7 Å². The summed E-state index contributed by atoms with van der Waals surface area (Å²) in [5.74, 6) is 0.583. The van der Waals surface area contributed by atoms with Crippen LogP contribution in [0.4, 0.5) is 17.1 Å². The van der Waals surface area contributed by atoms with Crippen molar-refractivity contribution in [3.8, 4) is 5.75 Å². The van der Waals surface area contributed by atoms with Gasteiger partial charge in [0.15, 0.2) is 0 Å². The van der Waals surface area contributed by atoms with E-state index in [9.17, 15) is 4.79 Å². The number of ether oxygens (including phenoxy) is 2. The summed E-state index contributed by atoms with van der Waals surface area (Å²) in [6, 6.07) is 44.3. The van der Waals surface area contributed by atoms with Crippen LogP contribution in [0.3, 0.4) is 0 Å². The van der Waals surface area contributed by atoms with E-state index in [1.807, 2.05) is 18.2 Å². The predicted molar refractivity (Wildman–Crippen MR) is 173 cm³/mol. The molecule has 0 aromatic heterocycles. The lowest BCUT2D eigenvalue weighted by atomic mass is 9.95. The number of hydrogen-bond donors (Lipinski definition) is 0. The summed E-state index contributed by atoms with van der Waals surface area (Å²) >= 11 is 0. The summed E-state index contributed by atoms with van der Waals surface area (Å²) in [7, 11) is 1.69. The Bertz CT molecular complexity index is 1620. The first kappa shape index (κ1) is 28.4. The lowest BCUT2D eigenvalue weighted by Gasteiger charge is -2.26. The molecule has 0 radical (unpaired) electrons. The van der Waals surface area contributed by atoms with Gasteiger partial charge in [0.1, 0.15) is 5.75 Å². The van der Waals surface area contributed by atoms with Crippen molar-refractivity contribution in [2.45, 2.75) is 20.3 Å². The number of methoxy groups -OCH3 is 1. The van der Waals surface area contributed by atoms with Gasteiger partial charge in [0, 0.05) is 30.4 Å². The first-order chi connectivity index (χ1) is 20.5. The Balaban J connectivity index is 1.48. The van der Waals surface area contributed by atoms with Crippen molar-refractivity contribution in [3.63, 3.8) is 0 Å². The highest BCUT2D eigenvalue weighted by atomic mass is 16.5. The second-order valence-corrected chi connectivity index (χ2v) is 10.2. The van der Waals surface area contributed by atoms with Crippen LogP contribution in [-0.4, -0.2) is 19.7 Å². The van der Waals surface area contributed by atoms with Crippen LogP contribution in [0.1, 0.15) is 34.7 Å². The van der Waals surface area contributed by atoms with E-state index in [1.165, 1.54) is 12.5 Å². The predicted octanol–water partition coefficient (Wildman–Crippen LogP) is 9.17. The van der Waals surface area contributed by atoms with Gasteiger partial charge in [0.25, 0.3) is 0 Å². The Morgan fingerprint density at radius 1 is 0.690 bits per heavy atom. The number of carbonyl (C=O) groups is 1. The SMILES string of the molecule is COc1ccc(C(=Cc2ccc(N(c3ccc(C)cc3)c3ccc(CCOC(C)=O)cc3)cc2)c2ccccc2)cc1. The smallest absolute Gasteiger partial charge is 0.302 e. The molecule has 0 aliphatic carbocycles. The second-order valence-electron chi connectivity index (χ2n) is 10.2. The number of hydrogen-bond acceptors (Lipinski definition) is 4. The van der Waals surface area contributed by atoms with Gasteiger partial charge in [-0.15, -0.1) is 0 Å². The summed E-state index contributed by atoms with van der Waals surface area (Å²) in [6.45, 7) is 3.91. The molecule has 5 rings (SSSR count). The van der Waals surface area contributed by atoms with Gasteiger partial charge in [-0.2, -0.15) is 0 Å². The minimum Gasteiger partial charge on any atom is -0.497 e. The van der Waals surface area contributed by atoms with Crippen molar-refractivity contribution >= 4 is 34.7 Å². The molecule has 0 saturated heterocycles. The quantitative estimate of drug-likeness (QED) is 0.128. The van der Waals surface area contributed by atoms with E-state index in [2.05, 4.69) is 127 Å². The summed E-state index contributed by atoms with van der Waals surface area (Å²) < 4.78 is 10.5. The maximum Gasteiger partial charge on any atom is 0.302 e. The average molecular weight is 554 g/mol. The zero-order chi connectivity index (χ0) is 29.3. The molecule has 0 unspecified atom stereocenters. The second kappa shape index (κ2) is 13.5. The number of benzene rings is 5. The molecule has 5 aromatic carbocycles. The highest BCUT2D eigenvalue weighted by molar-refractivity contribution is 5.92. The molecule has 0 saturated carbocycles. The zero-order valence-corrected chi connectivity index (χ0v) is 24.3. The van der Waals surface area contributed by atoms with E-state index in [0.717, 1.165) is 50.6 Å². The van der Waals surface area contributed by atoms with E-state index in [1.54, 1.807) is 7.11 Å². The van der Waals surface area contributed by atoms with Crippen LogP contribution < -0.4 is 9.64 Å². The third kappa shape index (κ3) is 7.15. The molecular formula is C38H35NO3. The Hall–Kier alpha value is -5.09. The van der Waals surface area contributed by atoms with E-state index in [4.69, 9.17) is 9.47 Å². The summed E-state index contributed by atoms with van der Waals surface area (Å²) in [4.78, 5) is 13.4. The molecular weight excluding hydrogens is 518 g/mol. The fraction of sp³-hybridized carbons (Fsp3) is 0.132. The molecule has 5 aromatic rings. The van der Waals surface area contributed by atoms with Crippen LogP contribution in [0, 0.1) is 6.92 Å². The van der Waals surface area contributed by atoms with Gasteiger partial charge in [-0.3, -0.25) is 4.79 Å². The number of carbonyl (C=O) groups excluding carboxylic acids is 1. The van der Waals surface area contributed by atoms with Crippen molar-refractivity contribution in [1.82, 2.24) is 0 Å². The summed E-state index contributed by atoms with van der Waals surface area (Å²) in [5.41, 5.74) is 10.1. The van der Waals surface area contributed by atoms with Gasteiger partial charge in [0.2, 0.25) is 0 Å². The Morgan fingerprint density at radius 2 is 1.24 bits per heavy atom. The topological polar surface area (TPSA) is 38.8 Å². The van der Waals surface area contributed by atoms with Gasteiger partial charge < -0.3 is 14.4 Å². The molecule has 0 N–H and O–H groups in total. The number of rotatable bonds is 10. The van der Waals surface area contributed by atoms with Crippen molar-refractivity contribution in [2.24, 2.45) is 0 Å². The van der Waals surface area contributed by atoms with Crippen molar-refractivity contribution < 1.29 is 14.3 Å². The maximum atomic E-state index is 11.1. The molecule has 0 fully saturated rings. The third-order valence-corrected chi connectivity index (χ3v) is 7.13. The van der Waals surface area contributed by atoms with Crippen molar-refractivity contribution in [3.05, 3.63) is 155 Å². The third-order valence-electron chi connectivity index (χ3n) is 7.13. The lowest BCUT2D eigenvalue weighted by molar-refractivity contribution is -0.140. The van der Waals surface area contributed by atoms with Crippen molar-refractivity contribution in [2.75, 3.05) is 18.6 Å². The van der Waals surface area contributed by atoms with Crippen LogP contribution in [0.15, 0.2) is 127 Å². The standard InChI is InChI=1S/C38H35NO3/c1-28-9-17-34(18-10-28)39(35-19-11-30(12-20-35)25-26-42-29(2)40)36-21-13-31(14-22-36)27-38(32-7-5-4-6-8-32)33-15-23-37(41-3)24-16-33/h4-24,27H,25-26H2,1-3H3. The monoisotopic (exact) mass is 553 g/mol. The molecule has 0 bridgehead atoms. The Morgan fingerprint density at radius 3 is 1.81 bits per heavy atom. The van der Waals surface area contributed by atoms with Gasteiger partial charge >= 0.3 is 5.97 Å². The largest absolute Gasteiger partial charge is 0.497 e. The van der Waals surface area contributed by atoms with Crippen LogP contribution in [0.5, 0.6) is 5.75 Å². The highest BCUT2D eigenvalue weighted by Gasteiger charge is 2.13. The number of nitrogens with zero attached hydrogens (tertiary/aromatic N) is 1. The normalized spacial score (nSPS) is 11.2. The van der Waals surface area contributed by atoms with Crippen LogP contribution in [0.2, 0.25) is 0 Å². The minimum atomic E-state index is -0.254. The Kier molecular flexibility index (Phi) is 9.15. The lowest BCUT2D eigenvalue weighted by Crippen LogP contribution is -2.10. The van der Waals surface area contributed by atoms with Crippen LogP contribution in [-0.2, 0) is 16.0 Å². The molecule has 0 aliphatic heterocycles. The molecule has 0 aliphatic rings. The Labute approximate surface area is 248 Å². The maximum absolute atomic E-state index is 11.1. The first-order valence-corrected chi connectivity index (χ1v) is 14.1. The molecule has 4 nitrogen and oxygen atoms in total. The summed E-state index contributed by atoms with van der Waals surface area (Å²) in [5, 5.41) is 0. The van der Waals surface area contributed by atoms with E-state index >= 15 is 0 Å². The van der Waals surface area contributed by atoms with Crippen LogP contribution >= 0.6 is 0 Å². The molecule has 4 heteroatoms. The van der Waals surface area contributed by atoms with E-state index in [-0.39, 0.29) is 5.97 Å². The van der Waals surface area contributed by atoms with E-state index < -0.39 is 0 Å². The highest BCUT2D eigenvalue weighted by Crippen LogP contribution is 2.35. The zero-order valence-electron chi connectivity index (χ0n) is 24.3.